The van der Waals surface area contributed by atoms with E-state index >= 15 is 0 Å². The van der Waals surface area contributed by atoms with Crippen LogP contribution < -0.4 is 0 Å². The summed E-state index contributed by atoms with van der Waals surface area (Å²) in [5.74, 6) is -0.402. The minimum Gasteiger partial charge on any atom is -0.462 e. The van der Waals surface area contributed by atoms with Crippen LogP contribution in [0.3, 0.4) is 0 Å². The molecule has 0 aliphatic heterocycles. The van der Waals surface area contributed by atoms with Gasteiger partial charge in [-0.25, -0.2) is 0 Å². The lowest BCUT2D eigenvalue weighted by Crippen LogP contribution is -2.30. The minimum absolute atomic E-state index is 0.0722. The number of allylic oxidation sites excluding steroid dienone is 10. The van der Waals surface area contributed by atoms with Gasteiger partial charge in [-0.15, -0.1) is 0 Å². The zero-order chi connectivity index (χ0) is 50.6. The minimum atomic E-state index is -0.557. The van der Waals surface area contributed by atoms with Crippen molar-refractivity contribution < 1.29 is 23.8 Å². The number of ether oxygens (including phenoxy) is 3. The van der Waals surface area contributed by atoms with Crippen LogP contribution in [-0.4, -0.2) is 37.9 Å². The van der Waals surface area contributed by atoms with E-state index in [4.69, 9.17) is 14.2 Å². The molecule has 0 aliphatic carbocycles. The maximum absolute atomic E-state index is 12.9. The molecule has 0 aliphatic rings. The van der Waals surface area contributed by atoms with E-state index in [9.17, 15) is 9.59 Å². The van der Waals surface area contributed by atoms with E-state index in [0.29, 0.717) is 19.4 Å². The lowest BCUT2D eigenvalue weighted by Gasteiger charge is -2.18. The van der Waals surface area contributed by atoms with Gasteiger partial charge in [0.05, 0.1) is 6.61 Å². The molecule has 408 valence electrons. The molecule has 0 aromatic heterocycles. The molecule has 5 heteroatoms. The van der Waals surface area contributed by atoms with Gasteiger partial charge in [0.15, 0.2) is 6.10 Å². The summed E-state index contributed by atoms with van der Waals surface area (Å²) in [6.45, 7) is 7.68. The summed E-state index contributed by atoms with van der Waals surface area (Å²) in [5, 5.41) is 0. The van der Waals surface area contributed by atoms with Crippen LogP contribution in [0, 0.1) is 0 Å². The Balaban J connectivity index is 4.30. The first-order valence-corrected chi connectivity index (χ1v) is 30.8. The fourth-order valence-electron chi connectivity index (χ4n) is 9.01. The number of esters is 2. The van der Waals surface area contributed by atoms with E-state index in [0.717, 1.165) is 77.0 Å². The van der Waals surface area contributed by atoms with E-state index in [1.165, 1.54) is 205 Å². The monoisotopic (exact) mass is 979 g/mol. The second kappa shape index (κ2) is 60.9. The zero-order valence-electron chi connectivity index (χ0n) is 47.0. The van der Waals surface area contributed by atoms with Crippen molar-refractivity contribution in [2.24, 2.45) is 0 Å². The third kappa shape index (κ3) is 58.2. The Morgan fingerprint density at radius 3 is 1.00 bits per heavy atom. The van der Waals surface area contributed by atoms with Crippen molar-refractivity contribution in [2.75, 3.05) is 19.8 Å². The first-order chi connectivity index (χ1) is 34.6. The molecule has 1 unspecified atom stereocenters. The first-order valence-electron chi connectivity index (χ1n) is 30.8. The Hall–Kier alpha value is -2.40. The SMILES string of the molecule is CC/C=C\C/C=C\C/C=C\C/C=C\C/C=C\CCCCOCC(COC(=O)CCCCCCCCCCCCCCCCCCCCC)OC(=O)CCCCCCCCCCCCCCCCCCC. The van der Waals surface area contributed by atoms with Crippen molar-refractivity contribution in [1.29, 1.82) is 0 Å². The Bertz CT molecular complexity index is 1200. The molecule has 1 atom stereocenters. The van der Waals surface area contributed by atoms with E-state index < -0.39 is 6.10 Å². The molecule has 5 nitrogen and oxygen atoms in total. The lowest BCUT2D eigenvalue weighted by atomic mass is 10.0. The highest BCUT2D eigenvalue weighted by molar-refractivity contribution is 5.70. The Kier molecular flexibility index (Phi) is 58.8. The molecule has 0 N–H and O–H groups in total. The van der Waals surface area contributed by atoms with Crippen LogP contribution in [0.1, 0.15) is 316 Å². The number of rotatable bonds is 57. The fourth-order valence-corrected chi connectivity index (χ4v) is 9.01. The molecule has 0 bridgehead atoms. The van der Waals surface area contributed by atoms with Crippen molar-refractivity contribution in [3.63, 3.8) is 0 Å². The van der Waals surface area contributed by atoms with E-state index in [1.54, 1.807) is 0 Å². The average Bonchev–Trinajstić information content (AvgIpc) is 3.36. The maximum Gasteiger partial charge on any atom is 0.306 e. The molecule has 0 saturated carbocycles. The molecule has 0 spiro atoms. The average molecular weight is 980 g/mol. The van der Waals surface area contributed by atoms with Gasteiger partial charge in [-0.05, 0) is 64.2 Å². The van der Waals surface area contributed by atoms with Crippen LogP contribution in [0.25, 0.3) is 0 Å². The summed E-state index contributed by atoms with van der Waals surface area (Å²) < 4.78 is 17.5. The molecule has 0 aromatic carbocycles. The molecular formula is C65H118O5. The van der Waals surface area contributed by atoms with E-state index in [1.807, 2.05) is 0 Å². The van der Waals surface area contributed by atoms with Crippen molar-refractivity contribution in [2.45, 2.75) is 322 Å². The van der Waals surface area contributed by atoms with Gasteiger partial charge in [-0.2, -0.15) is 0 Å². The first kappa shape index (κ1) is 67.6. The highest BCUT2D eigenvalue weighted by Gasteiger charge is 2.17. The number of hydrogen-bond donors (Lipinski definition) is 0. The van der Waals surface area contributed by atoms with Crippen LogP contribution in [-0.2, 0) is 23.8 Å². The van der Waals surface area contributed by atoms with Gasteiger partial charge in [0.2, 0.25) is 0 Å². The van der Waals surface area contributed by atoms with E-state index in [2.05, 4.69) is 81.5 Å². The van der Waals surface area contributed by atoms with Crippen LogP contribution in [0.15, 0.2) is 60.8 Å². The van der Waals surface area contributed by atoms with Crippen LogP contribution in [0.5, 0.6) is 0 Å². The van der Waals surface area contributed by atoms with Gasteiger partial charge in [-0.3, -0.25) is 9.59 Å². The van der Waals surface area contributed by atoms with Gasteiger partial charge in [0.1, 0.15) is 6.61 Å². The highest BCUT2D eigenvalue weighted by Crippen LogP contribution is 2.17. The number of hydrogen-bond acceptors (Lipinski definition) is 5. The number of unbranched alkanes of at least 4 members (excludes halogenated alkanes) is 36. The van der Waals surface area contributed by atoms with Gasteiger partial charge >= 0.3 is 11.9 Å². The van der Waals surface area contributed by atoms with E-state index in [-0.39, 0.29) is 25.2 Å². The van der Waals surface area contributed by atoms with Crippen molar-refractivity contribution in [3.05, 3.63) is 60.8 Å². The van der Waals surface area contributed by atoms with Gasteiger partial charge < -0.3 is 14.2 Å². The Morgan fingerprint density at radius 2 is 0.643 bits per heavy atom. The third-order valence-corrected chi connectivity index (χ3v) is 13.6. The molecule has 0 fully saturated rings. The molecule has 0 amide bonds. The van der Waals surface area contributed by atoms with Crippen molar-refractivity contribution in [1.82, 2.24) is 0 Å². The molecule has 0 aromatic rings. The van der Waals surface area contributed by atoms with Crippen molar-refractivity contribution in [3.8, 4) is 0 Å². The highest BCUT2D eigenvalue weighted by atomic mass is 16.6. The quantitative estimate of drug-likeness (QED) is 0.0345. The third-order valence-electron chi connectivity index (χ3n) is 13.6. The molecule has 0 heterocycles. The van der Waals surface area contributed by atoms with Crippen LogP contribution in [0.2, 0.25) is 0 Å². The Labute approximate surface area is 436 Å². The predicted molar refractivity (Wildman–Crippen MR) is 307 cm³/mol. The van der Waals surface area contributed by atoms with Gasteiger partial charge in [0.25, 0.3) is 0 Å². The second-order valence-corrected chi connectivity index (χ2v) is 20.6. The zero-order valence-corrected chi connectivity index (χ0v) is 47.0. The molecular weight excluding hydrogens is 861 g/mol. The fraction of sp³-hybridized carbons (Fsp3) is 0.815. The molecule has 70 heavy (non-hydrogen) atoms. The largest absolute Gasteiger partial charge is 0.462 e. The number of carbonyl (C=O) groups excluding carboxylic acids is 2. The van der Waals surface area contributed by atoms with Crippen molar-refractivity contribution >= 4 is 11.9 Å². The topological polar surface area (TPSA) is 61.8 Å². The Morgan fingerprint density at radius 1 is 0.329 bits per heavy atom. The smallest absolute Gasteiger partial charge is 0.306 e. The molecule has 0 saturated heterocycles. The van der Waals surface area contributed by atoms with Crippen LogP contribution >= 0.6 is 0 Å². The summed E-state index contributed by atoms with van der Waals surface area (Å²) >= 11 is 0. The summed E-state index contributed by atoms with van der Waals surface area (Å²) in [4.78, 5) is 25.6. The lowest BCUT2D eigenvalue weighted by molar-refractivity contribution is -0.163. The normalized spacial score (nSPS) is 12.6. The standard InChI is InChI=1S/C65H118O5/c1-4-7-10-13-16-19-22-25-28-31-33-35-37-40-43-46-49-52-55-58-64(66)69-62-63(61-68-60-57-54-51-48-45-42-39-36-32-29-26-23-20-17-14-11-8-5-2)70-65(67)59-56-53-50-47-44-41-38-34-30-27-24-21-18-15-12-9-6-3/h8,11,17,20,26,29,36,39,45,48,63H,4-7,9-10,12-16,18-19,21-25,27-28,30-35,37-38,40-44,46-47,49-62H2,1-3H3/b11-8-,20-17-,29-26-,39-36-,48-45-. The maximum atomic E-state index is 12.9. The molecule has 0 rings (SSSR count). The summed E-state index contributed by atoms with van der Waals surface area (Å²) in [6, 6.07) is 0. The summed E-state index contributed by atoms with van der Waals surface area (Å²) in [6.07, 6.45) is 78.3. The predicted octanol–water partition coefficient (Wildman–Crippen LogP) is 21.2. The summed E-state index contributed by atoms with van der Waals surface area (Å²) in [5.41, 5.74) is 0. The van der Waals surface area contributed by atoms with Crippen LogP contribution in [0.4, 0.5) is 0 Å². The summed E-state index contributed by atoms with van der Waals surface area (Å²) in [7, 11) is 0. The van der Waals surface area contributed by atoms with Gasteiger partial charge in [0, 0.05) is 19.4 Å². The van der Waals surface area contributed by atoms with Gasteiger partial charge in [-0.1, -0.05) is 300 Å². The number of carbonyl (C=O) groups is 2. The second-order valence-electron chi connectivity index (χ2n) is 20.6. The molecule has 0 radical (unpaired) electrons.